The van der Waals surface area contributed by atoms with Crippen molar-refractivity contribution in [3.63, 3.8) is 0 Å². The minimum absolute atomic E-state index is 0.00116. The third-order valence-electron chi connectivity index (χ3n) is 4.18. The molecule has 0 aromatic carbocycles. The SMILES string of the molecule is Cc1cnc(/C=C/C(=O)N2CCC[C@@H](CN3C=C(CN)NN3)C2)o1. The largest absolute Gasteiger partial charge is 0.442 e. The minimum atomic E-state index is 0.00116. The van der Waals surface area contributed by atoms with Gasteiger partial charge in [0.25, 0.3) is 0 Å². The Bertz CT molecular complexity index is 638. The molecule has 1 aromatic heterocycles. The summed E-state index contributed by atoms with van der Waals surface area (Å²) in [6.07, 6.45) is 8.90. The standard InChI is InChI=1S/C16H24N6O2/c1-12-8-18-15(24-12)4-5-16(23)21-6-2-3-13(9-21)10-22-11-14(7-17)19-20-22/h4-5,8,11,13,19-20H,2-3,6-7,9-10,17H2,1H3/b5-4+/t13-/m1/s1. The Kier molecular flexibility index (Phi) is 5.17. The van der Waals surface area contributed by atoms with E-state index in [-0.39, 0.29) is 5.91 Å². The Morgan fingerprint density at radius 2 is 2.46 bits per heavy atom. The molecule has 24 heavy (non-hydrogen) atoms. The van der Waals surface area contributed by atoms with Crippen molar-refractivity contribution >= 4 is 12.0 Å². The van der Waals surface area contributed by atoms with Crippen molar-refractivity contribution < 1.29 is 9.21 Å². The van der Waals surface area contributed by atoms with Crippen molar-refractivity contribution in [2.45, 2.75) is 19.8 Å². The van der Waals surface area contributed by atoms with Crippen molar-refractivity contribution in [3.05, 3.63) is 35.8 Å². The molecule has 0 bridgehead atoms. The van der Waals surface area contributed by atoms with Crippen LogP contribution in [0.4, 0.5) is 0 Å². The first-order chi connectivity index (χ1) is 11.6. The van der Waals surface area contributed by atoms with Crippen molar-refractivity contribution in [2.24, 2.45) is 11.7 Å². The van der Waals surface area contributed by atoms with Crippen LogP contribution >= 0.6 is 0 Å². The number of piperidine rings is 1. The van der Waals surface area contributed by atoms with Gasteiger partial charge in [0, 0.05) is 44.5 Å². The number of aryl methyl sites for hydroxylation is 1. The fourth-order valence-electron chi connectivity index (χ4n) is 2.99. The van der Waals surface area contributed by atoms with Crippen LogP contribution in [0.25, 0.3) is 6.08 Å². The predicted octanol–water partition coefficient (Wildman–Crippen LogP) is 0.360. The number of nitrogens with one attached hydrogen (secondary N) is 2. The molecule has 1 saturated heterocycles. The number of nitrogens with zero attached hydrogens (tertiary/aromatic N) is 3. The van der Waals surface area contributed by atoms with Gasteiger partial charge in [0.05, 0.1) is 11.9 Å². The van der Waals surface area contributed by atoms with E-state index >= 15 is 0 Å². The van der Waals surface area contributed by atoms with E-state index in [1.165, 1.54) is 6.08 Å². The second kappa shape index (κ2) is 7.50. The highest BCUT2D eigenvalue weighted by atomic mass is 16.3. The maximum absolute atomic E-state index is 12.4. The predicted molar refractivity (Wildman–Crippen MR) is 89.7 cm³/mol. The number of likely N-dealkylation sites (tertiary alicyclic amines) is 1. The summed E-state index contributed by atoms with van der Waals surface area (Å²) in [6.45, 7) is 4.68. The maximum Gasteiger partial charge on any atom is 0.246 e. The van der Waals surface area contributed by atoms with E-state index in [4.69, 9.17) is 10.2 Å². The Hall–Kier alpha value is -2.32. The van der Waals surface area contributed by atoms with Crippen molar-refractivity contribution in [1.82, 2.24) is 25.9 Å². The Morgan fingerprint density at radius 1 is 1.58 bits per heavy atom. The lowest BCUT2D eigenvalue weighted by molar-refractivity contribution is -0.127. The van der Waals surface area contributed by atoms with Crippen molar-refractivity contribution in [3.8, 4) is 0 Å². The number of aromatic nitrogens is 1. The second-order valence-electron chi connectivity index (χ2n) is 6.18. The van der Waals surface area contributed by atoms with E-state index in [0.717, 1.165) is 43.9 Å². The van der Waals surface area contributed by atoms with Gasteiger partial charge >= 0.3 is 0 Å². The number of amides is 1. The van der Waals surface area contributed by atoms with Crippen LogP contribution in [-0.2, 0) is 4.79 Å². The van der Waals surface area contributed by atoms with Gasteiger partial charge in [-0.25, -0.2) is 4.98 Å². The first-order valence-corrected chi connectivity index (χ1v) is 8.22. The van der Waals surface area contributed by atoms with Crippen molar-refractivity contribution in [1.29, 1.82) is 0 Å². The fourth-order valence-corrected chi connectivity index (χ4v) is 2.99. The van der Waals surface area contributed by atoms with Gasteiger partial charge in [-0.15, -0.1) is 5.53 Å². The van der Waals surface area contributed by atoms with Crippen LogP contribution in [0.5, 0.6) is 0 Å². The third kappa shape index (κ3) is 4.15. The number of carbonyl (C=O) groups excluding carboxylic acids is 1. The van der Waals surface area contributed by atoms with Gasteiger partial charge in [-0.2, -0.15) is 0 Å². The number of hydrogen-bond acceptors (Lipinski definition) is 7. The smallest absolute Gasteiger partial charge is 0.246 e. The summed E-state index contributed by atoms with van der Waals surface area (Å²) in [7, 11) is 0. The first kappa shape index (κ1) is 16.5. The van der Waals surface area contributed by atoms with Crippen molar-refractivity contribution in [2.75, 3.05) is 26.2 Å². The molecule has 1 aromatic rings. The van der Waals surface area contributed by atoms with E-state index in [1.54, 1.807) is 12.3 Å². The highest BCUT2D eigenvalue weighted by Gasteiger charge is 2.24. The number of hydrogen-bond donors (Lipinski definition) is 3. The quantitative estimate of drug-likeness (QED) is 0.670. The molecular weight excluding hydrogens is 308 g/mol. The molecule has 0 radical (unpaired) electrons. The van der Waals surface area contributed by atoms with Crippen LogP contribution in [0.3, 0.4) is 0 Å². The molecule has 0 unspecified atom stereocenters. The Balaban J connectivity index is 1.52. The van der Waals surface area contributed by atoms with E-state index in [2.05, 4.69) is 15.9 Å². The summed E-state index contributed by atoms with van der Waals surface area (Å²) in [5, 5.41) is 1.99. The van der Waals surface area contributed by atoms with E-state index < -0.39 is 0 Å². The average molecular weight is 332 g/mol. The van der Waals surface area contributed by atoms with Gasteiger partial charge in [0.15, 0.2) is 0 Å². The molecule has 0 saturated carbocycles. The number of nitrogens with two attached hydrogens (primary N) is 1. The molecule has 0 spiro atoms. The molecule has 2 aliphatic rings. The van der Waals surface area contributed by atoms with Crippen LogP contribution in [0.1, 0.15) is 24.5 Å². The van der Waals surface area contributed by atoms with Crippen LogP contribution in [-0.4, -0.2) is 47.0 Å². The van der Waals surface area contributed by atoms with Gasteiger partial charge in [-0.1, -0.05) is 0 Å². The lowest BCUT2D eigenvalue weighted by atomic mass is 9.97. The number of oxazole rings is 1. The molecule has 8 nitrogen and oxygen atoms in total. The first-order valence-electron chi connectivity index (χ1n) is 8.22. The minimum Gasteiger partial charge on any atom is -0.442 e. The normalized spacial score (nSPS) is 21.2. The molecule has 8 heteroatoms. The summed E-state index contributed by atoms with van der Waals surface area (Å²) in [6, 6.07) is 0. The molecule has 0 aliphatic carbocycles. The average Bonchev–Trinajstić information content (AvgIpc) is 3.21. The monoisotopic (exact) mass is 332 g/mol. The molecule has 3 rings (SSSR count). The Labute approximate surface area is 141 Å². The second-order valence-corrected chi connectivity index (χ2v) is 6.18. The molecular formula is C16H24N6O2. The van der Waals surface area contributed by atoms with E-state index in [0.29, 0.717) is 18.4 Å². The fraction of sp³-hybridized carbons (Fsp3) is 0.500. The molecule has 1 fully saturated rings. The van der Waals surface area contributed by atoms with Gasteiger partial charge in [0.2, 0.25) is 11.8 Å². The summed E-state index contributed by atoms with van der Waals surface area (Å²) in [4.78, 5) is 18.3. The zero-order valence-electron chi connectivity index (χ0n) is 13.9. The molecule has 3 heterocycles. The Morgan fingerprint density at radius 3 is 3.17 bits per heavy atom. The molecule has 130 valence electrons. The van der Waals surface area contributed by atoms with E-state index in [9.17, 15) is 4.79 Å². The zero-order chi connectivity index (χ0) is 16.9. The summed E-state index contributed by atoms with van der Waals surface area (Å²) in [5.74, 6) is 1.61. The summed E-state index contributed by atoms with van der Waals surface area (Å²) < 4.78 is 5.34. The van der Waals surface area contributed by atoms with Crippen LogP contribution in [0.2, 0.25) is 0 Å². The third-order valence-corrected chi connectivity index (χ3v) is 4.18. The number of rotatable bonds is 5. The maximum atomic E-state index is 12.4. The van der Waals surface area contributed by atoms with Gasteiger partial charge in [0.1, 0.15) is 5.76 Å². The van der Waals surface area contributed by atoms with E-state index in [1.807, 2.05) is 23.0 Å². The lowest BCUT2D eigenvalue weighted by Gasteiger charge is -2.33. The number of carbonyl (C=O) groups is 1. The van der Waals surface area contributed by atoms with Crippen LogP contribution in [0, 0.1) is 12.8 Å². The lowest BCUT2D eigenvalue weighted by Crippen LogP contribution is -2.45. The number of hydrazine groups is 2. The summed E-state index contributed by atoms with van der Waals surface area (Å²) >= 11 is 0. The molecule has 1 atom stereocenters. The highest BCUT2D eigenvalue weighted by Crippen LogP contribution is 2.18. The van der Waals surface area contributed by atoms with Gasteiger partial charge < -0.3 is 20.5 Å². The molecule has 1 amide bonds. The zero-order valence-corrected chi connectivity index (χ0v) is 13.9. The van der Waals surface area contributed by atoms with Gasteiger partial charge in [-0.05, 0) is 25.7 Å². The van der Waals surface area contributed by atoms with Gasteiger partial charge in [-0.3, -0.25) is 9.80 Å². The summed E-state index contributed by atoms with van der Waals surface area (Å²) in [5.41, 5.74) is 12.7. The van der Waals surface area contributed by atoms with Crippen LogP contribution < -0.4 is 16.7 Å². The molecule has 2 aliphatic heterocycles. The highest BCUT2D eigenvalue weighted by molar-refractivity contribution is 5.91. The van der Waals surface area contributed by atoms with Crippen LogP contribution in [0.15, 0.2) is 28.6 Å². The topological polar surface area (TPSA) is 99.7 Å². The molecule has 4 N–H and O–H groups in total.